The quantitative estimate of drug-likeness (QED) is 0.414. The van der Waals surface area contributed by atoms with Crippen molar-refractivity contribution in [3.8, 4) is 11.5 Å². The van der Waals surface area contributed by atoms with Crippen LogP contribution in [0.4, 0.5) is 5.00 Å². The highest BCUT2D eigenvalue weighted by Crippen LogP contribution is 2.39. The number of nitrogens with zero attached hydrogens (tertiary/aromatic N) is 3. The lowest BCUT2D eigenvalue weighted by Crippen LogP contribution is -2.20. The summed E-state index contributed by atoms with van der Waals surface area (Å²) in [7, 11) is 3.45. The molecule has 0 fully saturated rings. The fraction of sp³-hybridized carbons (Fsp3) is 0.417. The van der Waals surface area contributed by atoms with Crippen LogP contribution in [0.5, 0.6) is 11.5 Å². The molecule has 3 N–H and O–H groups in total. The Morgan fingerprint density at radius 1 is 1.29 bits per heavy atom. The maximum atomic E-state index is 12.7. The van der Waals surface area contributed by atoms with Crippen molar-refractivity contribution in [1.29, 1.82) is 0 Å². The Bertz CT molecular complexity index is 1220. The van der Waals surface area contributed by atoms with Gasteiger partial charge in [0, 0.05) is 11.9 Å². The first-order valence-electron chi connectivity index (χ1n) is 11.3. The molecule has 35 heavy (non-hydrogen) atoms. The molecule has 0 bridgehead atoms. The summed E-state index contributed by atoms with van der Waals surface area (Å²) in [5.41, 5.74) is 7.10. The lowest BCUT2D eigenvalue weighted by molar-refractivity contribution is -0.113. The Balaban J connectivity index is 1.38. The summed E-state index contributed by atoms with van der Waals surface area (Å²) in [5.74, 6) is 2.03. The van der Waals surface area contributed by atoms with Gasteiger partial charge in [-0.15, -0.1) is 21.5 Å². The minimum Gasteiger partial charge on any atom is -0.497 e. The number of ether oxygens (including phenoxy) is 2. The summed E-state index contributed by atoms with van der Waals surface area (Å²) in [6, 6.07) is 7.31. The Kier molecular flexibility index (Phi) is 7.66. The standard InChI is InChI=1S/C24H29N5O4S2/c1-13-5-10-17-18(11-13)35-23(20(17)21(25)31)26-19(30)12-34-24-28-27-22(29(24)3)14(2)33-16-8-6-15(32-4)7-9-16/h6-9,13-14H,5,10-12H2,1-4H3,(H2,25,31)(H,26,30). The molecule has 1 aliphatic rings. The van der Waals surface area contributed by atoms with Crippen LogP contribution in [-0.2, 0) is 24.7 Å². The zero-order valence-corrected chi connectivity index (χ0v) is 21.8. The average Bonchev–Trinajstić information content (AvgIpc) is 3.37. The zero-order chi connectivity index (χ0) is 25.1. The van der Waals surface area contributed by atoms with E-state index in [0.29, 0.717) is 33.2 Å². The highest BCUT2D eigenvalue weighted by molar-refractivity contribution is 7.99. The molecular weight excluding hydrogens is 486 g/mol. The molecule has 0 radical (unpaired) electrons. The molecule has 2 heterocycles. The van der Waals surface area contributed by atoms with Crippen LogP contribution < -0.4 is 20.5 Å². The van der Waals surface area contributed by atoms with Gasteiger partial charge in [-0.25, -0.2) is 0 Å². The number of hydrogen-bond acceptors (Lipinski definition) is 8. The minimum atomic E-state index is -0.496. The number of fused-ring (bicyclic) bond motifs is 1. The number of carbonyl (C=O) groups excluding carboxylic acids is 2. The number of amides is 2. The Labute approximate surface area is 212 Å². The summed E-state index contributed by atoms with van der Waals surface area (Å²) in [6.45, 7) is 4.08. The Morgan fingerprint density at radius 3 is 2.69 bits per heavy atom. The first kappa shape index (κ1) is 25.1. The summed E-state index contributed by atoms with van der Waals surface area (Å²) in [5, 5.41) is 12.5. The van der Waals surface area contributed by atoms with Crippen LogP contribution in [-0.4, -0.2) is 39.4 Å². The molecule has 0 spiro atoms. The second kappa shape index (κ2) is 10.7. The van der Waals surface area contributed by atoms with Gasteiger partial charge in [0.25, 0.3) is 5.91 Å². The van der Waals surface area contributed by atoms with Crippen molar-refractivity contribution in [2.75, 3.05) is 18.2 Å². The van der Waals surface area contributed by atoms with Crippen molar-refractivity contribution < 1.29 is 19.1 Å². The summed E-state index contributed by atoms with van der Waals surface area (Å²) in [4.78, 5) is 26.0. The molecule has 2 unspecified atom stereocenters. The number of methoxy groups -OCH3 is 1. The number of thioether (sulfide) groups is 1. The second-order valence-electron chi connectivity index (χ2n) is 8.59. The van der Waals surface area contributed by atoms with Gasteiger partial charge in [0.1, 0.15) is 16.5 Å². The van der Waals surface area contributed by atoms with Crippen molar-refractivity contribution >= 4 is 39.9 Å². The van der Waals surface area contributed by atoms with Gasteiger partial charge in [-0.1, -0.05) is 18.7 Å². The summed E-state index contributed by atoms with van der Waals surface area (Å²) in [6.07, 6.45) is 2.39. The molecule has 2 amide bonds. The Morgan fingerprint density at radius 2 is 2.00 bits per heavy atom. The number of thiophene rings is 1. The van der Waals surface area contributed by atoms with Crippen LogP contribution in [0.25, 0.3) is 0 Å². The molecule has 186 valence electrons. The molecule has 3 aromatic rings. The third-order valence-electron chi connectivity index (χ3n) is 5.95. The molecular formula is C24H29N5O4S2. The third kappa shape index (κ3) is 5.62. The smallest absolute Gasteiger partial charge is 0.251 e. The number of nitrogens with two attached hydrogens (primary N) is 1. The molecule has 0 saturated heterocycles. The van der Waals surface area contributed by atoms with Crippen LogP contribution in [0.2, 0.25) is 0 Å². The molecule has 9 nitrogen and oxygen atoms in total. The zero-order valence-electron chi connectivity index (χ0n) is 20.2. The number of benzene rings is 1. The lowest BCUT2D eigenvalue weighted by atomic mass is 9.88. The summed E-state index contributed by atoms with van der Waals surface area (Å²) < 4.78 is 13.0. The molecule has 1 aliphatic carbocycles. The number of anilines is 1. The van der Waals surface area contributed by atoms with Gasteiger partial charge in [0.15, 0.2) is 17.1 Å². The van der Waals surface area contributed by atoms with Crippen molar-refractivity contribution in [2.24, 2.45) is 18.7 Å². The highest BCUT2D eigenvalue weighted by atomic mass is 32.2. The average molecular weight is 516 g/mol. The van der Waals surface area contributed by atoms with E-state index in [1.54, 1.807) is 7.11 Å². The van der Waals surface area contributed by atoms with E-state index in [-0.39, 0.29) is 17.8 Å². The summed E-state index contributed by atoms with van der Waals surface area (Å²) >= 11 is 2.73. The van der Waals surface area contributed by atoms with Crippen molar-refractivity contribution in [2.45, 2.75) is 44.4 Å². The predicted molar refractivity (Wildman–Crippen MR) is 136 cm³/mol. The maximum Gasteiger partial charge on any atom is 0.251 e. The number of primary amides is 1. The van der Waals surface area contributed by atoms with E-state index < -0.39 is 5.91 Å². The van der Waals surface area contributed by atoms with Gasteiger partial charge in [0.05, 0.1) is 18.4 Å². The monoisotopic (exact) mass is 515 g/mol. The molecule has 4 rings (SSSR count). The number of aromatic nitrogens is 3. The molecule has 0 saturated carbocycles. The topological polar surface area (TPSA) is 121 Å². The van der Waals surface area contributed by atoms with Crippen LogP contribution in [0.1, 0.15) is 53.0 Å². The van der Waals surface area contributed by atoms with Crippen molar-refractivity contribution in [3.05, 3.63) is 46.1 Å². The molecule has 0 aliphatic heterocycles. The van der Waals surface area contributed by atoms with E-state index in [1.807, 2.05) is 42.8 Å². The minimum absolute atomic E-state index is 0.122. The Hall–Kier alpha value is -3.05. The fourth-order valence-corrected chi connectivity index (χ4v) is 6.26. The largest absolute Gasteiger partial charge is 0.497 e. The van der Waals surface area contributed by atoms with Crippen LogP contribution in [0.3, 0.4) is 0 Å². The van der Waals surface area contributed by atoms with Gasteiger partial charge in [-0.3, -0.25) is 9.59 Å². The lowest BCUT2D eigenvalue weighted by Gasteiger charge is -2.18. The van der Waals surface area contributed by atoms with Crippen LogP contribution in [0, 0.1) is 5.92 Å². The van der Waals surface area contributed by atoms with Crippen molar-refractivity contribution in [1.82, 2.24) is 14.8 Å². The molecule has 2 aromatic heterocycles. The highest BCUT2D eigenvalue weighted by Gasteiger charge is 2.27. The van der Waals surface area contributed by atoms with E-state index in [9.17, 15) is 9.59 Å². The molecule has 11 heteroatoms. The number of nitrogens with one attached hydrogen (secondary N) is 1. The van der Waals surface area contributed by atoms with E-state index in [2.05, 4.69) is 22.4 Å². The SMILES string of the molecule is COc1ccc(OC(C)c2nnc(SCC(=O)Nc3sc4c(c3C(N)=O)CCC(C)C4)n2C)cc1. The van der Waals surface area contributed by atoms with Gasteiger partial charge in [0.2, 0.25) is 5.91 Å². The third-order valence-corrected chi connectivity index (χ3v) is 8.14. The fourth-order valence-electron chi connectivity index (χ4n) is 4.11. The van der Waals surface area contributed by atoms with E-state index in [0.717, 1.165) is 35.5 Å². The van der Waals surface area contributed by atoms with Crippen LogP contribution in [0.15, 0.2) is 29.4 Å². The first-order chi connectivity index (χ1) is 16.8. The first-order valence-corrected chi connectivity index (χ1v) is 13.1. The van der Waals surface area contributed by atoms with Crippen LogP contribution >= 0.6 is 23.1 Å². The van der Waals surface area contributed by atoms with E-state index in [1.165, 1.54) is 23.1 Å². The maximum absolute atomic E-state index is 12.7. The second-order valence-corrected chi connectivity index (χ2v) is 10.6. The van der Waals surface area contributed by atoms with Gasteiger partial charge in [-0.2, -0.15) is 0 Å². The number of carbonyl (C=O) groups is 2. The number of hydrogen-bond donors (Lipinski definition) is 2. The van der Waals surface area contributed by atoms with Crippen molar-refractivity contribution in [3.63, 3.8) is 0 Å². The molecule has 2 atom stereocenters. The van der Waals surface area contributed by atoms with Gasteiger partial charge in [-0.05, 0) is 61.9 Å². The number of rotatable bonds is 9. The van der Waals surface area contributed by atoms with Gasteiger partial charge < -0.3 is 25.1 Å². The molecule has 1 aromatic carbocycles. The predicted octanol–water partition coefficient (Wildman–Crippen LogP) is 3.98. The van der Waals surface area contributed by atoms with E-state index >= 15 is 0 Å². The van der Waals surface area contributed by atoms with E-state index in [4.69, 9.17) is 15.2 Å². The normalized spacial score (nSPS) is 15.8. The van der Waals surface area contributed by atoms with Gasteiger partial charge >= 0.3 is 0 Å².